The lowest BCUT2D eigenvalue weighted by molar-refractivity contribution is -0.133. The third kappa shape index (κ3) is 1.35. The quantitative estimate of drug-likeness (QED) is 0.310. The predicted molar refractivity (Wildman–Crippen MR) is 51.5 cm³/mol. The second-order valence-corrected chi connectivity index (χ2v) is 2.90. The summed E-state index contributed by atoms with van der Waals surface area (Å²) in [5, 5.41) is 22.0. The van der Waals surface area contributed by atoms with Crippen LogP contribution in [0, 0.1) is 0 Å². The average molecular weight is 201 g/mol. The fourth-order valence-corrected chi connectivity index (χ4v) is 1.47. The largest absolute Gasteiger partial charge is 0.379 e. The maximum atomic E-state index is 11.2. The second kappa shape index (κ2) is 3.91. The number of amides is 1. The van der Waals surface area contributed by atoms with E-state index in [0.717, 1.165) is 0 Å². The van der Waals surface area contributed by atoms with E-state index >= 15 is 0 Å². The van der Waals surface area contributed by atoms with Crippen LogP contribution in [0.4, 0.5) is 0 Å². The topological polar surface area (TPSA) is 97.8 Å². The van der Waals surface area contributed by atoms with Crippen molar-refractivity contribution >= 4 is 11.7 Å². The Hall–Kier alpha value is -1.18. The summed E-state index contributed by atoms with van der Waals surface area (Å²) in [7, 11) is 4.92. The minimum absolute atomic E-state index is 0.426. The molecule has 0 aliphatic carbocycles. The van der Waals surface area contributed by atoms with Crippen LogP contribution < -0.4 is 21.4 Å². The van der Waals surface area contributed by atoms with Crippen LogP contribution in [-0.2, 0) is 4.79 Å². The van der Waals surface area contributed by atoms with E-state index in [0.29, 0.717) is 5.84 Å². The van der Waals surface area contributed by atoms with Crippen LogP contribution in [-0.4, -0.2) is 49.8 Å². The lowest BCUT2D eigenvalue weighted by Crippen LogP contribution is -2.75. The SMILES string of the molecule is CNC1=NNC(=O)C(O)C1(NC)NC. The molecule has 14 heavy (non-hydrogen) atoms. The molecule has 80 valence electrons. The van der Waals surface area contributed by atoms with E-state index in [1.165, 1.54) is 0 Å². The number of hydrogen-bond acceptors (Lipinski definition) is 6. The van der Waals surface area contributed by atoms with Gasteiger partial charge in [-0.05, 0) is 14.1 Å². The number of carbonyl (C=O) groups excluding carboxylic acids is 1. The number of hydrazone groups is 1. The van der Waals surface area contributed by atoms with Crippen LogP contribution in [0.25, 0.3) is 0 Å². The minimum atomic E-state index is -1.24. The highest BCUT2D eigenvalue weighted by Gasteiger charge is 2.47. The summed E-state index contributed by atoms with van der Waals surface area (Å²) in [6, 6.07) is 0. The first-order valence-electron chi connectivity index (χ1n) is 4.24. The zero-order valence-corrected chi connectivity index (χ0v) is 8.38. The van der Waals surface area contributed by atoms with Crippen molar-refractivity contribution in [1.82, 2.24) is 21.4 Å². The summed E-state index contributed by atoms with van der Waals surface area (Å²) in [6.07, 6.45) is -1.24. The number of aliphatic hydroxyl groups is 1. The lowest BCUT2D eigenvalue weighted by atomic mass is 9.99. The molecule has 1 unspecified atom stereocenters. The summed E-state index contributed by atoms with van der Waals surface area (Å²) in [5.41, 5.74) is 1.15. The Morgan fingerprint density at radius 3 is 2.43 bits per heavy atom. The molecule has 0 bridgehead atoms. The highest BCUT2D eigenvalue weighted by Crippen LogP contribution is 2.11. The first-order chi connectivity index (χ1) is 6.62. The van der Waals surface area contributed by atoms with Gasteiger partial charge in [0.1, 0.15) is 0 Å². The van der Waals surface area contributed by atoms with Crippen molar-refractivity contribution in [1.29, 1.82) is 0 Å². The lowest BCUT2D eigenvalue weighted by Gasteiger charge is -2.39. The fraction of sp³-hybridized carbons (Fsp3) is 0.714. The molecule has 0 radical (unpaired) electrons. The van der Waals surface area contributed by atoms with Crippen molar-refractivity contribution in [2.24, 2.45) is 5.10 Å². The van der Waals surface area contributed by atoms with E-state index in [1.54, 1.807) is 21.1 Å². The molecule has 0 saturated heterocycles. The van der Waals surface area contributed by atoms with Crippen LogP contribution in [0.3, 0.4) is 0 Å². The summed E-state index contributed by atoms with van der Waals surface area (Å²) < 4.78 is 0. The van der Waals surface area contributed by atoms with Gasteiger partial charge in [0.05, 0.1) is 0 Å². The van der Waals surface area contributed by atoms with Gasteiger partial charge in [0.15, 0.2) is 17.6 Å². The average Bonchev–Trinajstić information content (AvgIpc) is 2.22. The molecule has 0 saturated carbocycles. The second-order valence-electron chi connectivity index (χ2n) is 2.90. The van der Waals surface area contributed by atoms with Crippen molar-refractivity contribution < 1.29 is 9.90 Å². The first kappa shape index (κ1) is 10.9. The van der Waals surface area contributed by atoms with Crippen LogP contribution in [0.1, 0.15) is 0 Å². The van der Waals surface area contributed by atoms with Gasteiger partial charge in [-0.1, -0.05) is 0 Å². The number of rotatable bonds is 2. The molecule has 7 heteroatoms. The van der Waals surface area contributed by atoms with E-state index in [2.05, 4.69) is 26.5 Å². The minimum Gasteiger partial charge on any atom is -0.379 e. The Labute approximate surface area is 81.9 Å². The van der Waals surface area contributed by atoms with Crippen LogP contribution in [0.2, 0.25) is 0 Å². The molecule has 1 atom stereocenters. The Bertz CT molecular complexity index is 261. The van der Waals surface area contributed by atoms with E-state index in [9.17, 15) is 9.90 Å². The summed E-state index contributed by atoms with van der Waals surface area (Å²) in [6.45, 7) is 0. The predicted octanol–water partition coefficient (Wildman–Crippen LogP) is -2.85. The van der Waals surface area contributed by atoms with Crippen LogP contribution in [0.5, 0.6) is 0 Å². The highest BCUT2D eigenvalue weighted by atomic mass is 16.3. The summed E-state index contributed by atoms with van der Waals surface area (Å²) in [4.78, 5) is 11.2. The number of amidine groups is 1. The zero-order chi connectivity index (χ0) is 10.8. The van der Waals surface area contributed by atoms with Gasteiger partial charge in [-0.2, -0.15) is 5.10 Å². The van der Waals surface area contributed by atoms with Crippen molar-refractivity contribution in [3.05, 3.63) is 0 Å². The smallest absolute Gasteiger partial charge is 0.272 e. The molecule has 7 nitrogen and oxygen atoms in total. The van der Waals surface area contributed by atoms with E-state index in [1.807, 2.05) is 0 Å². The molecular formula is C7H15N5O2. The van der Waals surface area contributed by atoms with E-state index in [4.69, 9.17) is 0 Å². The van der Waals surface area contributed by atoms with Gasteiger partial charge in [-0.15, -0.1) is 0 Å². The zero-order valence-electron chi connectivity index (χ0n) is 8.38. The Morgan fingerprint density at radius 2 is 2.00 bits per heavy atom. The maximum absolute atomic E-state index is 11.2. The van der Waals surface area contributed by atoms with Gasteiger partial charge in [-0.25, -0.2) is 5.43 Å². The summed E-state index contributed by atoms with van der Waals surface area (Å²) in [5.74, 6) is -0.123. The number of nitrogens with zero attached hydrogens (tertiary/aromatic N) is 1. The third-order valence-corrected chi connectivity index (χ3v) is 2.34. The van der Waals surface area contributed by atoms with Gasteiger partial charge in [-0.3, -0.25) is 15.4 Å². The Kier molecular flexibility index (Phi) is 3.04. The van der Waals surface area contributed by atoms with E-state index in [-0.39, 0.29) is 0 Å². The van der Waals surface area contributed by atoms with Crippen molar-refractivity contribution in [3.63, 3.8) is 0 Å². The van der Waals surface area contributed by atoms with Crippen molar-refractivity contribution in [2.75, 3.05) is 21.1 Å². The van der Waals surface area contributed by atoms with Crippen molar-refractivity contribution in [3.8, 4) is 0 Å². The highest BCUT2D eigenvalue weighted by molar-refractivity contribution is 6.01. The molecule has 0 spiro atoms. The molecular weight excluding hydrogens is 186 g/mol. The number of aliphatic hydroxyl groups excluding tert-OH is 1. The molecule has 1 amide bonds. The molecule has 1 rings (SSSR count). The molecule has 1 heterocycles. The molecule has 0 fully saturated rings. The number of nitrogens with one attached hydrogen (secondary N) is 4. The molecule has 1 aliphatic rings. The van der Waals surface area contributed by atoms with Gasteiger partial charge in [0, 0.05) is 7.05 Å². The Balaban J connectivity index is 3.11. The maximum Gasteiger partial charge on any atom is 0.272 e. The number of hydrogen-bond donors (Lipinski definition) is 5. The normalized spacial score (nSPS) is 25.3. The number of likely N-dealkylation sites (N-methyl/N-ethyl adjacent to an activating group) is 3. The van der Waals surface area contributed by atoms with Gasteiger partial charge >= 0.3 is 0 Å². The van der Waals surface area contributed by atoms with Crippen LogP contribution >= 0.6 is 0 Å². The summed E-state index contributed by atoms with van der Waals surface area (Å²) >= 11 is 0. The molecule has 0 aromatic carbocycles. The molecule has 0 aromatic rings. The van der Waals surface area contributed by atoms with E-state index < -0.39 is 17.7 Å². The van der Waals surface area contributed by atoms with Gasteiger partial charge in [0.25, 0.3) is 5.91 Å². The first-order valence-corrected chi connectivity index (χ1v) is 4.24. The van der Waals surface area contributed by atoms with Crippen molar-refractivity contribution in [2.45, 2.75) is 11.8 Å². The fourth-order valence-electron chi connectivity index (χ4n) is 1.47. The standard InChI is InChI=1S/C7H15N5O2/c1-8-6-7(9-2,10-3)4(13)5(14)11-12-6/h4,9-10,13H,1-3H3,(H,8,12)(H,11,14). The molecule has 1 aliphatic heterocycles. The van der Waals surface area contributed by atoms with Crippen LogP contribution in [0.15, 0.2) is 5.10 Å². The number of carbonyl (C=O) groups is 1. The van der Waals surface area contributed by atoms with Gasteiger partial charge < -0.3 is 10.4 Å². The molecule has 0 aromatic heterocycles. The molecule has 5 N–H and O–H groups in total. The van der Waals surface area contributed by atoms with Gasteiger partial charge in [0.2, 0.25) is 0 Å². The third-order valence-electron chi connectivity index (χ3n) is 2.34. The monoisotopic (exact) mass is 201 g/mol. The Morgan fingerprint density at radius 1 is 1.43 bits per heavy atom.